The van der Waals surface area contributed by atoms with Crippen LogP contribution in [-0.2, 0) is 32.7 Å². The fraction of sp³-hybridized carbons (Fsp3) is 0.609. The first-order valence-electron chi connectivity index (χ1n) is 21.2. The topological polar surface area (TPSA) is 149 Å². The maximum atomic E-state index is 12.6. The van der Waals surface area contributed by atoms with Crippen LogP contribution in [0.2, 0.25) is 0 Å². The Balaban J connectivity index is 4.48. The number of ether oxygens (including phenoxy) is 2. The van der Waals surface area contributed by atoms with E-state index in [1.165, 1.54) is 19.3 Å². The number of allylic oxidation sites excluding steroid dienone is 16. The highest BCUT2D eigenvalue weighted by Crippen LogP contribution is 2.43. The van der Waals surface area contributed by atoms with E-state index < -0.39 is 51.8 Å². The molecule has 0 aromatic rings. The first-order chi connectivity index (χ1) is 27.7. The highest BCUT2D eigenvalue weighted by molar-refractivity contribution is 7.47. The van der Waals surface area contributed by atoms with Crippen molar-refractivity contribution in [1.82, 2.24) is 0 Å². The van der Waals surface area contributed by atoms with E-state index in [0.717, 1.165) is 77.0 Å². The van der Waals surface area contributed by atoms with Crippen molar-refractivity contribution in [2.45, 2.75) is 154 Å². The summed E-state index contributed by atoms with van der Waals surface area (Å²) in [6.45, 7) is 2.12. The minimum absolute atomic E-state index is 0.0947. The number of hydrogen-bond acceptors (Lipinski definition) is 9. The molecule has 10 nitrogen and oxygen atoms in total. The Morgan fingerprint density at radius 3 is 1.49 bits per heavy atom. The monoisotopic (exact) mass is 819 g/mol. The van der Waals surface area contributed by atoms with Crippen molar-refractivity contribution >= 4 is 19.8 Å². The van der Waals surface area contributed by atoms with E-state index in [0.29, 0.717) is 19.3 Å². The third kappa shape index (κ3) is 40.9. The lowest BCUT2D eigenvalue weighted by molar-refractivity contribution is -0.161. The molecule has 0 spiro atoms. The quantitative estimate of drug-likeness (QED) is 0.0238. The van der Waals surface area contributed by atoms with Gasteiger partial charge in [-0.2, -0.15) is 0 Å². The average Bonchev–Trinajstić information content (AvgIpc) is 3.20. The molecular weight excluding hydrogens is 743 g/mol. The molecule has 0 aliphatic carbocycles. The van der Waals surface area contributed by atoms with Crippen LogP contribution in [0.5, 0.6) is 0 Å². The molecule has 0 saturated carbocycles. The van der Waals surface area contributed by atoms with E-state index in [-0.39, 0.29) is 19.4 Å². The van der Waals surface area contributed by atoms with Gasteiger partial charge < -0.3 is 24.6 Å². The Labute approximate surface area is 344 Å². The second-order valence-electron chi connectivity index (χ2n) is 13.6. The summed E-state index contributed by atoms with van der Waals surface area (Å²) in [4.78, 5) is 34.9. The van der Waals surface area contributed by atoms with Gasteiger partial charge in [0.05, 0.1) is 19.8 Å². The molecule has 3 N–H and O–H groups in total. The van der Waals surface area contributed by atoms with Crippen LogP contribution in [0.4, 0.5) is 0 Å². The van der Waals surface area contributed by atoms with Crippen LogP contribution in [0.3, 0.4) is 0 Å². The molecule has 0 aliphatic heterocycles. The smallest absolute Gasteiger partial charge is 0.462 e. The molecule has 11 heteroatoms. The zero-order valence-electron chi connectivity index (χ0n) is 35.0. The second-order valence-corrected chi connectivity index (χ2v) is 15.1. The lowest BCUT2D eigenvalue weighted by Crippen LogP contribution is -2.29. The molecule has 0 aliphatic rings. The van der Waals surface area contributed by atoms with Crippen LogP contribution in [0.1, 0.15) is 142 Å². The molecule has 0 aromatic heterocycles. The van der Waals surface area contributed by atoms with Crippen LogP contribution in [0, 0.1) is 0 Å². The summed E-state index contributed by atoms with van der Waals surface area (Å²) in [5.74, 6) is -1.03. The number of aliphatic hydroxyl groups excluding tert-OH is 2. The van der Waals surface area contributed by atoms with E-state index in [4.69, 9.17) is 19.1 Å². The Morgan fingerprint density at radius 2 is 0.982 bits per heavy atom. The van der Waals surface area contributed by atoms with Crippen molar-refractivity contribution in [2.75, 3.05) is 26.4 Å². The Kier molecular flexibility index (Phi) is 38.8. The fourth-order valence-corrected chi connectivity index (χ4v) is 5.76. The van der Waals surface area contributed by atoms with Crippen molar-refractivity contribution in [2.24, 2.45) is 0 Å². The van der Waals surface area contributed by atoms with Gasteiger partial charge in [-0.3, -0.25) is 18.6 Å². The van der Waals surface area contributed by atoms with E-state index in [1.807, 2.05) is 12.2 Å². The normalized spacial score (nSPS) is 14.8. The van der Waals surface area contributed by atoms with E-state index in [9.17, 15) is 24.2 Å². The molecule has 1 unspecified atom stereocenters. The van der Waals surface area contributed by atoms with E-state index in [1.54, 1.807) is 0 Å². The molecule has 0 saturated heterocycles. The standard InChI is InChI=1S/C46H75O10P/c1-3-5-7-9-11-13-15-17-19-21-23-25-27-29-31-33-35-37-45(49)53-41-44(42-55-57(51,52)54-40-43(48)39-47)56-46(50)38-36-34-32-30-28-26-24-22-20-18-16-14-12-10-8-6-4-2/h6,8,11-14,17-20,23-26,30,32,43-44,47-48H,3-5,7,9-10,15-16,21-22,27-29,31,33-42H2,1-2H3,(H,51,52)/b8-6-,13-11-,14-12-,19-17-,20-18-,25-23-,26-24-,32-30-/t43-,44+/m0/s1. The molecule has 0 aromatic carbocycles. The highest BCUT2D eigenvalue weighted by atomic mass is 31.2. The van der Waals surface area contributed by atoms with Gasteiger partial charge in [0.25, 0.3) is 0 Å². The van der Waals surface area contributed by atoms with E-state index in [2.05, 4.69) is 103 Å². The maximum absolute atomic E-state index is 12.6. The number of carbonyl (C=O) groups is 2. The molecule has 0 fully saturated rings. The molecule has 0 heterocycles. The predicted octanol–water partition coefficient (Wildman–Crippen LogP) is 11.2. The minimum Gasteiger partial charge on any atom is -0.462 e. The van der Waals surface area contributed by atoms with Crippen molar-refractivity contribution in [1.29, 1.82) is 0 Å². The Hall–Kier alpha value is -3.11. The minimum atomic E-state index is -4.64. The van der Waals surface area contributed by atoms with E-state index >= 15 is 0 Å². The van der Waals surface area contributed by atoms with Crippen LogP contribution in [-0.4, -0.2) is 65.7 Å². The molecule has 57 heavy (non-hydrogen) atoms. The van der Waals surface area contributed by atoms with Gasteiger partial charge in [-0.05, 0) is 89.9 Å². The number of carbonyl (C=O) groups excluding carboxylic acids is 2. The van der Waals surface area contributed by atoms with Crippen molar-refractivity contribution < 1.29 is 47.8 Å². The lowest BCUT2D eigenvalue weighted by atomic mass is 10.1. The largest absolute Gasteiger partial charge is 0.472 e. The Bertz CT molecular complexity index is 1260. The van der Waals surface area contributed by atoms with Gasteiger partial charge in [0.2, 0.25) is 0 Å². The zero-order chi connectivity index (χ0) is 41.9. The Morgan fingerprint density at radius 1 is 0.544 bits per heavy atom. The molecule has 0 amide bonds. The molecule has 324 valence electrons. The summed E-state index contributed by atoms with van der Waals surface area (Å²) < 4.78 is 32.6. The van der Waals surface area contributed by atoms with Crippen LogP contribution in [0.15, 0.2) is 97.2 Å². The molecule has 0 bridgehead atoms. The van der Waals surface area contributed by atoms with Crippen molar-refractivity contribution in [3.63, 3.8) is 0 Å². The van der Waals surface area contributed by atoms with Crippen molar-refractivity contribution in [3.05, 3.63) is 97.2 Å². The number of unbranched alkanes of at least 4 members (excludes halogenated alkanes) is 8. The van der Waals surface area contributed by atoms with Gasteiger partial charge in [-0.25, -0.2) is 4.57 Å². The first-order valence-corrected chi connectivity index (χ1v) is 22.7. The SMILES string of the molecule is CC/C=C\C/C=C\C/C=C\C/C=C\C/C=C\CCCC(=O)O[C@H](COC(=O)CCCCCC/C=C\C/C=C\C/C=C\CCCCC)COP(=O)(O)OC[C@@H](O)CO. The van der Waals surface area contributed by atoms with Gasteiger partial charge in [0.1, 0.15) is 12.7 Å². The molecule has 0 rings (SSSR count). The summed E-state index contributed by atoms with van der Waals surface area (Å²) in [6, 6.07) is 0. The maximum Gasteiger partial charge on any atom is 0.472 e. The van der Waals surface area contributed by atoms with Gasteiger partial charge in [-0.15, -0.1) is 0 Å². The van der Waals surface area contributed by atoms with Gasteiger partial charge in [0.15, 0.2) is 6.10 Å². The molecular formula is C46H75O10P. The fourth-order valence-electron chi connectivity index (χ4n) is 4.97. The summed E-state index contributed by atoms with van der Waals surface area (Å²) in [6.07, 6.45) is 49.5. The lowest BCUT2D eigenvalue weighted by Gasteiger charge is -2.20. The summed E-state index contributed by atoms with van der Waals surface area (Å²) in [5.41, 5.74) is 0. The summed E-state index contributed by atoms with van der Waals surface area (Å²) >= 11 is 0. The third-order valence-corrected chi connectivity index (χ3v) is 9.17. The number of phosphoric acid groups is 1. The van der Waals surface area contributed by atoms with Crippen molar-refractivity contribution in [3.8, 4) is 0 Å². The second kappa shape index (κ2) is 41.1. The third-order valence-electron chi connectivity index (χ3n) is 8.22. The summed E-state index contributed by atoms with van der Waals surface area (Å²) in [7, 11) is -4.64. The number of hydrogen-bond donors (Lipinski definition) is 3. The van der Waals surface area contributed by atoms with Gasteiger partial charge in [0, 0.05) is 12.8 Å². The highest BCUT2D eigenvalue weighted by Gasteiger charge is 2.27. The van der Waals surface area contributed by atoms with Gasteiger partial charge in [-0.1, -0.05) is 137 Å². The number of phosphoric ester groups is 1. The molecule has 0 radical (unpaired) electrons. The number of esters is 2. The predicted molar refractivity (Wildman–Crippen MR) is 232 cm³/mol. The van der Waals surface area contributed by atoms with Crippen LogP contribution < -0.4 is 0 Å². The summed E-state index contributed by atoms with van der Waals surface area (Å²) in [5, 5.41) is 18.3. The average molecular weight is 819 g/mol. The van der Waals surface area contributed by atoms with Crippen LogP contribution in [0.25, 0.3) is 0 Å². The first kappa shape index (κ1) is 53.9. The van der Waals surface area contributed by atoms with Crippen LogP contribution >= 0.6 is 7.82 Å². The molecule has 3 atom stereocenters. The number of rotatable bonds is 38. The van der Waals surface area contributed by atoms with Gasteiger partial charge >= 0.3 is 19.8 Å². The zero-order valence-corrected chi connectivity index (χ0v) is 35.9. The number of aliphatic hydroxyl groups is 2.